The van der Waals surface area contributed by atoms with Crippen molar-refractivity contribution in [2.45, 2.75) is 19.9 Å². The van der Waals surface area contributed by atoms with Gasteiger partial charge in [0.1, 0.15) is 0 Å². The summed E-state index contributed by atoms with van der Waals surface area (Å²) in [6.45, 7) is 2.23. The van der Waals surface area contributed by atoms with Crippen LogP contribution in [0.3, 0.4) is 0 Å². The average Bonchev–Trinajstić information content (AvgIpc) is 2.66. The van der Waals surface area contributed by atoms with Gasteiger partial charge in [0.15, 0.2) is 6.61 Å². The van der Waals surface area contributed by atoms with Crippen molar-refractivity contribution >= 4 is 11.9 Å². The monoisotopic (exact) mass is 336 g/mol. The number of rotatable bonds is 6. The quantitative estimate of drug-likeness (QED) is 0.761. The van der Waals surface area contributed by atoms with Gasteiger partial charge in [-0.3, -0.25) is 4.79 Å². The fraction of sp³-hybridized carbons (Fsp3) is 0.250. The highest BCUT2D eigenvalue weighted by Gasteiger charge is 2.14. The van der Waals surface area contributed by atoms with E-state index in [1.54, 1.807) is 7.05 Å². The molecule has 128 valence electrons. The molecule has 0 fully saturated rings. The first-order valence-electron chi connectivity index (χ1n) is 8.02. The molecule has 0 saturated heterocycles. The number of carbonyl (C=O) groups is 2. The van der Waals surface area contributed by atoms with Gasteiger partial charge in [-0.15, -0.1) is 0 Å². The molecule has 0 aliphatic heterocycles. The summed E-state index contributed by atoms with van der Waals surface area (Å²) in [6.07, 6.45) is 0.973. The van der Waals surface area contributed by atoms with E-state index in [4.69, 9.17) is 10.00 Å². The minimum atomic E-state index is -0.585. The second-order valence-corrected chi connectivity index (χ2v) is 5.69. The number of likely N-dealkylation sites (N-methyl/N-ethyl adjacent to an activating group) is 1. The number of nitriles is 1. The van der Waals surface area contributed by atoms with E-state index in [1.807, 2.05) is 30.3 Å². The number of amides is 1. The predicted molar refractivity (Wildman–Crippen MR) is 93.7 cm³/mol. The number of benzene rings is 2. The summed E-state index contributed by atoms with van der Waals surface area (Å²) in [5.41, 5.74) is 3.03. The molecular formula is C20H20N2O3. The van der Waals surface area contributed by atoms with E-state index in [9.17, 15) is 9.59 Å². The molecule has 2 rings (SSSR count). The van der Waals surface area contributed by atoms with Crippen LogP contribution in [-0.2, 0) is 22.5 Å². The van der Waals surface area contributed by atoms with Gasteiger partial charge in [0, 0.05) is 13.6 Å². The minimum Gasteiger partial charge on any atom is -0.452 e. The van der Waals surface area contributed by atoms with Crippen molar-refractivity contribution in [2.24, 2.45) is 0 Å². The molecule has 0 heterocycles. The lowest BCUT2D eigenvalue weighted by atomic mass is 10.1. The van der Waals surface area contributed by atoms with Gasteiger partial charge < -0.3 is 9.64 Å². The number of esters is 1. The lowest BCUT2D eigenvalue weighted by Crippen LogP contribution is -2.30. The summed E-state index contributed by atoms with van der Waals surface area (Å²) in [7, 11) is 1.67. The van der Waals surface area contributed by atoms with Crippen molar-refractivity contribution in [2.75, 3.05) is 13.7 Å². The Labute approximate surface area is 147 Å². The fourth-order valence-corrected chi connectivity index (χ4v) is 2.24. The van der Waals surface area contributed by atoms with E-state index in [0.29, 0.717) is 17.7 Å². The number of aryl methyl sites for hydroxylation is 1. The Morgan fingerprint density at radius 1 is 1.04 bits per heavy atom. The molecule has 1 amide bonds. The first kappa shape index (κ1) is 18.2. The fourth-order valence-electron chi connectivity index (χ4n) is 2.24. The normalized spacial score (nSPS) is 9.96. The molecule has 0 radical (unpaired) electrons. The van der Waals surface area contributed by atoms with Crippen LogP contribution in [0.15, 0.2) is 48.5 Å². The van der Waals surface area contributed by atoms with Crippen LogP contribution in [0.1, 0.15) is 34.0 Å². The Bertz CT molecular complexity index is 774. The predicted octanol–water partition coefficient (Wildman–Crippen LogP) is 2.94. The number of ether oxygens (including phenoxy) is 1. The van der Waals surface area contributed by atoms with Gasteiger partial charge in [0.2, 0.25) is 0 Å². The zero-order chi connectivity index (χ0) is 18.2. The van der Waals surface area contributed by atoms with Crippen molar-refractivity contribution in [1.82, 2.24) is 4.90 Å². The molecule has 0 aliphatic carbocycles. The summed E-state index contributed by atoms with van der Waals surface area (Å²) in [6, 6.07) is 16.1. The lowest BCUT2D eigenvalue weighted by molar-refractivity contribution is -0.133. The highest BCUT2D eigenvalue weighted by atomic mass is 16.5. The molecule has 0 aliphatic rings. The van der Waals surface area contributed by atoms with Crippen LogP contribution in [0, 0.1) is 11.3 Å². The molecule has 0 atom stereocenters. The minimum absolute atomic E-state index is 0.276. The summed E-state index contributed by atoms with van der Waals surface area (Å²) in [5, 5.41) is 8.74. The standard InChI is InChI=1S/C20H20N2O3/c1-3-15-4-6-17(7-5-15)13-22(2)19(23)14-25-20(24)18-10-8-16(12-21)9-11-18/h4-11H,3,13-14H2,1-2H3. The maximum Gasteiger partial charge on any atom is 0.338 e. The molecule has 0 aromatic heterocycles. The zero-order valence-corrected chi connectivity index (χ0v) is 14.4. The van der Waals surface area contributed by atoms with Gasteiger partial charge >= 0.3 is 5.97 Å². The molecule has 0 bridgehead atoms. The molecule has 0 N–H and O–H groups in total. The first-order valence-corrected chi connectivity index (χ1v) is 8.02. The van der Waals surface area contributed by atoms with Crippen LogP contribution in [0.2, 0.25) is 0 Å². The van der Waals surface area contributed by atoms with Crippen molar-refractivity contribution in [3.8, 4) is 6.07 Å². The van der Waals surface area contributed by atoms with E-state index < -0.39 is 5.97 Å². The third kappa shape index (κ3) is 5.18. The first-order chi connectivity index (χ1) is 12.0. The van der Waals surface area contributed by atoms with Crippen LogP contribution in [0.4, 0.5) is 0 Å². The molecule has 2 aromatic rings. The molecular weight excluding hydrogens is 316 g/mol. The number of hydrogen-bond donors (Lipinski definition) is 0. The van der Waals surface area contributed by atoms with Crippen LogP contribution < -0.4 is 0 Å². The van der Waals surface area contributed by atoms with Crippen LogP contribution in [0.5, 0.6) is 0 Å². The molecule has 5 heteroatoms. The van der Waals surface area contributed by atoms with Crippen LogP contribution in [0.25, 0.3) is 0 Å². The van der Waals surface area contributed by atoms with E-state index in [0.717, 1.165) is 12.0 Å². The summed E-state index contributed by atoms with van der Waals surface area (Å²) < 4.78 is 5.05. The van der Waals surface area contributed by atoms with Gasteiger partial charge in [-0.05, 0) is 41.8 Å². The third-order valence-electron chi connectivity index (χ3n) is 3.85. The summed E-state index contributed by atoms with van der Waals surface area (Å²) in [4.78, 5) is 25.6. The Morgan fingerprint density at radius 3 is 2.20 bits per heavy atom. The number of hydrogen-bond acceptors (Lipinski definition) is 4. The third-order valence-corrected chi connectivity index (χ3v) is 3.85. The van der Waals surface area contributed by atoms with Gasteiger partial charge in [0.05, 0.1) is 17.2 Å². The van der Waals surface area contributed by atoms with E-state index >= 15 is 0 Å². The maximum absolute atomic E-state index is 12.1. The Balaban J connectivity index is 1.85. The highest BCUT2D eigenvalue weighted by Crippen LogP contribution is 2.08. The van der Waals surface area contributed by atoms with Crippen LogP contribution >= 0.6 is 0 Å². The van der Waals surface area contributed by atoms with Crippen LogP contribution in [-0.4, -0.2) is 30.4 Å². The van der Waals surface area contributed by atoms with Crippen molar-refractivity contribution in [3.05, 3.63) is 70.8 Å². The number of nitrogens with zero attached hydrogens (tertiary/aromatic N) is 2. The SMILES string of the molecule is CCc1ccc(CN(C)C(=O)COC(=O)c2ccc(C#N)cc2)cc1. The Morgan fingerprint density at radius 2 is 1.64 bits per heavy atom. The molecule has 2 aromatic carbocycles. The van der Waals surface area contributed by atoms with Gasteiger partial charge in [-0.25, -0.2) is 4.79 Å². The van der Waals surface area contributed by atoms with Gasteiger partial charge in [0.25, 0.3) is 5.91 Å². The van der Waals surface area contributed by atoms with E-state index in [1.165, 1.54) is 34.7 Å². The number of carbonyl (C=O) groups excluding carboxylic acids is 2. The summed E-state index contributed by atoms with van der Waals surface area (Å²) in [5.74, 6) is -0.861. The highest BCUT2D eigenvalue weighted by molar-refractivity contribution is 5.91. The Hall–Kier alpha value is -3.13. The van der Waals surface area contributed by atoms with Gasteiger partial charge in [-0.1, -0.05) is 31.2 Å². The second-order valence-electron chi connectivity index (χ2n) is 5.69. The molecule has 5 nitrogen and oxygen atoms in total. The van der Waals surface area contributed by atoms with Crippen molar-refractivity contribution in [1.29, 1.82) is 5.26 Å². The largest absolute Gasteiger partial charge is 0.452 e. The lowest BCUT2D eigenvalue weighted by Gasteiger charge is -2.17. The van der Waals surface area contributed by atoms with E-state index in [-0.39, 0.29) is 12.5 Å². The van der Waals surface area contributed by atoms with Crippen molar-refractivity contribution < 1.29 is 14.3 Å². The smallest absolute Gasteiger partial charge is 0.338 e. The van der Waals surface area contributed by atoms with Crippen molar-refractivity contribution in [3.63, 3.8) is 0 Å². The zero-order valence-electron chi connectivity index (χ0n) is 14.4. The maximum atomic E-state index is 12.1. The average molecular weight is 336 g/mol. The topological polar surface area (TPSA) is 70.4 Å². The molecule has 25 heavy (non-hydrogen) atoms. The second kappa shape index (κ2) is 8.65. The molecule has 0 spiro atoms. The molecule has 0 saturated carbocycles. The van der Waals surface area contributed by atoms with Gasteiger partial charge in [-0.2, -0.15) is 5.26 Å². The van der Waals surface area contributed by atoms with E-state index in [2.05, 4.69) is 6.92 Å². The molecule has 0 unspecified atom stereocenters. The Kier molecular flexibility index (Phi) is 6.30. The summed E-state index contributed by atoms with van der Waals surface area (Å²) >= 11 is 0.